The summed E-state index contributed by atoms with van der Waals surface area (Å²) in [6.07, 6.45) is 7.69. The summed E-state index contributed by atoms with van der Waals surface area (Å²) in [6.45, 7) is 2.69. The molecule has 1 saturated heterocycles. The monoisotopic (exact) mass is 253 g/mol. The third-order valence-electron chi connectivity index (χ3n) is 4.54. The van der Waals surface area contributed by atoms with Crippen LogP contribution >= 0.6 is 0 Å². The van der Waals surface area contributed by atoms with Crippen LogP contribution in [0.5, 0.6) is 0 Å². The van der Waals surface area contributed by atoms with Gasteiger partial charge in [0.1, 0.15) is 0 Å². The van der Waals surface area contributed by atoms with Gasteiger partial charge in [0.25, 0.3) is 0 Å². The van der Waals surface area contributed by atoms with Crippen molar-refractivity contribution in [2.75, 3.05) is 33.7 Å². The van der Waals surface area contributed by atoms with Gasteiger partial charge in [-0.2, -0.15) is 0 Å². The third kappa shape index (κ3) is 3.23. The SMILES string of the molecule is CNCCC1CN(C2CCCCC2)CC(=O)N1C. The quantitative estimate of drug-likeness (QED) is 0.814. The fourth-order valence-corrected chi connectivity index (χ4v) is 3.27. The zero-order chi connectivity index (χ0) is 13.0. The molecule has 0 bridgehead atoms. The molecule has 1 atom stereocenters. The lowest BCUT2D eigenvalue weighted by Gasteiger charge is -2.43. The van der Waals surface area contributed by atoms with Gasteiger partial charge in [0, 0.05) is 25.7 Å². The Kier molecular flexibility index (Phi) is 5.01. The van der Waals surface area contributed by atoms with Crippen molar-refractivity contribution in [1.29, 1.82) is 0 Å². The van der Waals surface area contributed by atoms with E-state index in [1.165, 1.54) is 32.1 Å². The number of amides is 1. The molecule has 2 rings (SSSR count). The lowest BCUT2D eigenvalue weighted by molar-refractivity contribution is -0.139. The molecule has 0 aromatic heterocycles. The van der Waals surface area contributed by atoms with Gasteiger partial charge < -0.3 is 10.2 Å². The van der Waals surface area contributed by atoms with E-state index >= 15 is 0 Å². The van der Waals surface area contributed by atoms with Gasteiger partial charge in [-0.3, -0.25) is 9.69 Å². The first-order valence-corrected chi connectivity index (χ1v) is 7.36. The summed E-state index contributed by atoms with van der Waals surface area (Å²) >= 11 is 0. The molecule has 1 amide bonds. The molecule has 18 heavy (non-hydrogen) atoms. The summed E-state index contributed by atoms with van der Waals surface area (Å²) in [7, 11) is 3.93. The maximum atomic E-state index is 12.1. The van der Waals surface area contributed by atoms with Gasteiger partial charge in [0.05, 0.1) is 6.54 Å². The van der Waals surface area contributed by atoms with Crippen LogP contribution in [0.3, 0.4) is 0 Å². The summed E-state index contributed by atoms with van der Waals surface area (Å²) in [6, 6.07) is 1.05. The first-order chi connectivity index (χ1) is 8.72. The number of nitrogens with one attached hydrogen (secondary N) is 1. The fourth-order valence-electron chi connectivity index (χ4n) is 3.27. The molecule has 1 N–H and O–H groups in total. The Morgan fingerprint density at radius 2 is 2.00 bits per heavy atom. The van der Waals surface area contributed by atoms with Crippen molar-refractivity contribution in [1.82, 2.24) is 15.1 Å². The minimum Gasteiger partial charge on any atom is -0.340 e. The Hall–Kier alpha value is -0.610. The summed E-state index contributed by atoms with van der Waals surface area (Å²) < 4.78 is 0. The van der Waals surface area contributed by atoms with Gasteiger partial charge in [-0.15, -0.1) is 0 Å². The van der Waals surface area contributed by atoms with E-state index in [1.807, 2.05) is 19.0 Å². The lowest BCUT2D eigenvalue weighted by Crippen LogP contribution is -2.58. The maximum absolute atomic E-state index is 12.1. The third-order valence-corrected chi connectivity index (χ3v) is 4.54. The van der Waals surface area contributed by atoms with Crippen molar-refractivity contribution in [3.8, 4) is 0 Å². The first-order valence-electron chi connectivity index (χ1n) is 7.36. The topological polar surface area (TPSA) is 35.6 Å². The molecule has 1 aliphatic heterocycles. The molecule has 104 valence electrons. The van der Waals surface area contributed by atoms with E-state index in [-0.39, 0.29) is 0 Å². The minimum absolute atomic E-state index is 0.299. The number of nitrogens with zero attached hydrogens (tertiary/aromatic N) is 2. The van der Waals surface area contributed by atoms with Gasteiger partial charge in [0.15, 0.2) is 0 Å². The molecule has 4 heteroatoms. The predicted octanol–water partition coefficient (Wildman–Crippen LogP) is 1.07. The van der Waals surface area contributed by atoms with Gasteiger partial charge in [-0.05, 0) is 32.9 Å². The highest BCUT2D eigenvalue weighted by Gasteiger charge is 2.33. The van der Waals surface area contributed by atoms with Crippen LogP contribution in [0.15, 0.2) is 0 Å². The molecule has 1 heterocycles. The molecule has 0 spiro atoms. The number of hydrogen-bond donors (Lipinski definition) is 1. The molecule has 0 aromatic carbocycles. The van der Waals surface area contributed by atoms with E-state index in [0.717, 1.165) is 19.5 Å². The minimum atomic E-state index is 0.299. The molecular formula is C14H27N3O. The normalized spacial score (nSPS) is 27.8. The second kappa shape index (κ2) is 6.53. The largest absolute Gasteiger partial charge is 0.340 e. The highest BCUT2D eigenvalue weighted by molar-refractivity contribution is 5.79. The molecule has 0 aromatic rings. The molecular weight excluding hydrogens is 226 g/mol. The van der Waals surface area contributed by atoms with Crippen molar-refractivity contribution in [2.45, 2.75) is 50.6 Å². The van der Waals surface area contributed by atoms with Crippen molar-refractivity contribution in [2.24, 2.45) is 0 Å². The number of piperazine rings is 1. The second-order valence-electron chi connectivity index (χ2n) is 5.77. The summed E-state index contributed by atoms with van der Waals surface area (Å²) in [5.74, 6) is 0.299. The second-order valence-corrected chi connectivity index (χ2v) is 5.77. The Morgan fingerprint density at radius 1 is 1.28 bits per heavy atom. The Bertz CT molecular complexity index is 276. The molecule has 2 fully saturated rings. The van der Waals surface area contributed by atoms with Crippen LogP contribution < -0.4 is 5.32 Å². The zero-order valence-electron chi connectivity index (χ0n) is 11.8. The average Bonchev–Trinajstić information content (AvgIpc) is 2.41. The van der Waals surface area contributed by atoms with Crippen LogP contribution in [0, 0.1) is 0 Å². The fraction of sp³-hybridized carbons (Fsp3) is 0.929. The zero-order valence-corrected chi connectivity index (χ0v) is 11.8. The van der Waals surface area contributed by atoms with Gasteiger partial charge >= 0.3 is 0 Å². The maximum Gasteiger partial charge on any atom is 0.236 e. The molecule has 1 aliphatic carbocycles. The highest BCUT2D eigenvalue weighted by Crippen LogP contribution is 2.25. The number of likely N-dealkylation sites (N-methyl/N-ethyl adjacent to an activating group) is 1. The van der Waals surface area contributed by atoms with Crippen LogP contribution in [0.25, 0.3) is 0 Å². The number of carbonyl (C=O) groups excluding carboxylic acids is 1. The van der Waals surface area contributed by atoms with Crippen molar-refractivity contribution < 1.29 is 4.79 Å². The van der Waals surface area contributed by atoms with E-state index < -0.39 is 0 Å². The van der Waals surface area contributed by atoms with E-state index in [4.69, 9.17) is 0 Å². The Balaban J connectivity index is 1.93. The molecule has 2 aliphatic rings. The number of hydrogen-bond acceptors (Lipinski definition) is 3. The summed E-state index contributed by atoms with van der Waals surface area (Å²) in [5, 5.41) is 3.19. The van der Waals surface area contributed by atoms with Crippen LogP contribution in [-0.4, -0.2) is 61.5 Å². The van der Waals surface area contributed by atoms with Crippen molar-refractivity contribution in [3.05, 3.63) is 0 Å². The lowest BCUT2D eigenvalue weighted by atomic mass is 9.93. The van der Waals surface area contributed by atoms with Gasteiger partial charge in [-0.1, -0.05) is 19.3 Å². The van der Waals surface area contributed by atoms with E-state index in [9.17, 15) is 4.79 Å². The molecule has 0 radical (unpaired) electrons. The highest BCUT2D eigenvalue weighted by atomic mass is 16.2. The van der Waals surface area contributed by atoms with Crippen molar-refractivity contribution in [3.63, 3.8) is 0 Å². The van der Waals surface area contributed by atoms with Crippen LogP contribution in [0.2, 0.25) is 0 Å². The number of rotatable bonds is 4. The summed E-state index contributed by atoms with van der Waals surface area (Å²) in [4.78, 5) is 16.5. The van der Waals surface area contributed by atoms with E-state index in [2.05, 4.69) is 10.2 Å². The Morgan fingerprint density at radius 3 is 2.67 bits per heavy atom. The number of carbonyl (C=O) groups is 1. The van der Waals surface area contributed by atoms with Gasteiger partial charge in [0.2, 0.25) is 5.91 Å². The van der Waals surface area contributed by atoms with Crippen LogP contribution in [-0.2, 0) is 4.79 Å². The first kappa shape index (κ1) is 13.8. The van der Waals surface area contributed by atoms with Gasteiger partial charge in [-0.25, -0.2) is 0 Å². The average molecular weight is 253 g/mol. The smallest absolute Gasteiger partial charge is 0.236 e. The van der Waals surface area contributed by atoms with E-state index in [1.54, 1.807) is 0 Å². The van der Waals surface area contributed by atoms with Crippen LogP contribution in [0.4, 0.5) is 0 Å². The predicted molar refractivity (Wildman–Crippen MR) is 73.5 cm³/mol. The molecule has 1 unspecified atom stereocenters. The summed E-state index contributed by atoms with van der Waals surface area (Å²) in [5.41, 5.74) is 0. The standard InChI is InChI=1S/C14H27N3O/c1-15-9-8-13-10-17(11-14(18)16(13)2)12-6-4-3-5-7-12/h12-13,15H,3-11H2,1-2H3. The Labute approximate surface area is 111 Å². The molecule has 4 nitrogen and oxygen atoms in total. The van der Waals surface area contributed by atoms with Crippen molar-refractivity contribution >= 4 is 5.91 Å². The molecule has 1 saturated carbocycles. The van der Waals surface area contributed by atoms with Crippen LogP contribution in [0.1, 0.15) is 38.5 Å². The van der Waals surface area contributed by atoms with E-state index in [0.29, 0.717) is 24.5 Å².